The molecule has 0 spiro atoms. The van der Waals surface area contributed by atoms with Crippen molar-refractivity contribution in [1.29, 1.82) is 0 Å². The van der Waals surface area contributed by atoms with E-state index < -0.39 is 0 Å². The van der Waals surface area contributed by atoms with E-state index in [0.717, 1.165) is 5.56 Å². The van der Waals surface area contributed by atoms with E-state index in [4.69, 9.17) is 19.4 Å². The maximum absolute atomic E-state index is 8.72. The standard InChI is InChI=1S/C11H17NO4/c1-4-16-10-8(7-12-13)5-6-9(14-2)11(10)15-3/h5-6,12-13H,4,7H2,1-3H3. The molecule has 0 bridgehead atoms. The molecule has 90 valence electrons. The van der Waals surface area contributed by atoms with Crippen molar-refractivity contribution in [3.05, 3.63) is 17.7 Å². The molecular formula is C11H17NO4. The van der Waals surface area contributed by atoms with Crippen LogP contribution in [0.1, 0.15) is 12.5 Å². The lowest BCUT2D eigenvalue weighted by Gasteiger charge is -2.16. The van der Waals surface area contributed by atoms with Gasteiger partial charge < -0.3 is 19.4 Å². The fourth-order valence-electron chi connectivity index (χ4n) is 1.47. The molecule has 1 rings (SSSR count). The van der Waals surface area contributed by atoms with Gasteiger partial charge in [-0.25, -0.2) is 5.48 Å². The third-order valence-electron chi connectivity index (χ3n) is 2.14. The average molecular weight is 227 g/mol. The number of rotatable bonds is 6. The highest BCUT2D eigenvalue weighted by Crippen LogP contribution is 2.39. The number of ether oxygens (including phenoxy) is 3. The molecule has 1 aromatic rings. The molecule has 0 atom stereocenters. The van der Waals surface area contributed by atoms with Crippen molar-refractivity contribution in [3.63, 3.8) is 0 Å². The van der Waals surface area contributed by atoms with Gasteiger partial charge >= 0.3 is 0 Å². The van der Waals surface area contributed by atoms with Crippen LogP contribution in [0.2, 0.25) is 0 Å². The Hall–Kier alpha value is -1.46. The zero-order valence-corrected chi connectivity index (χ0v) is 9.74. The minimum atomic E-state index is 0.287. The Kier molecular flexibility index (Phi) is 4.88. The van der Waals surface area contributed by atoms with Crippen LogP contribution in [0.4, 0.5) is 0 Å². The van der Waals surface area contributed by atoms with Crippen molar-refractivity contribution in [2.75, 3.05) is 20.8 Å². The molecule has 0 fully saturated rings. The van der Waals surface area contributed by atoms with Crippen molar-refractivity contribution in [3.8, 4) is 17.2 Å². The summed E-state index contributed by atoms with van der Waals surface area (Å²) in [6, 6.07) is 3.59. The highest BCUT2D eigenvalue weighted by Gasteiger charge is 2.15. The summed E-state index contributed by atoms with van der Waals surface area (Å²) in [5.74, 6) is 1.73. The molecule has 0 aliphatic rings. The Morgan fingerprint density at radius 3 is 2.44 bits per heavy atom. The highest BCUT2D eigenvalue weighted by molar-refractivity contribution is 5.55. The number of hydrogen-bond donors (Lipinski definition) is 2. The summed E-state index contributed by atoms with van der Waals surface area (Å²) in [4.78, 5) is 0. The van der Waals surface area contributed by atoms with E-state index >= 15 is 0 Å². The molecule has 0 saturated heterocycles. The van der Waals surface area contributed by atoms with Crippen LogP contribution in [-0.4, -0.2) is 26.0 Å². The first-order valence-electron chi connectivity index (χ1n) is 5.02. The Morgan fingerprint density at radius 1 is 1.19 bits per heavy atom. The predicted molar refractivity (Wildman–Crippen MR) is 59.3 cm³/mol. The number of methoxy groups -OCH3 is 2. The summed E-state index contributed by atoms with van der Waals surface area (Å²) in [6.45, 7) is 2.69. The minimum Gasteiger partial charge on any atom is -0.493 e. The number of nitrogens with one attached hydrogen (secondary N) is 1. The van der Waals surface area contributed by atoms with E-state index in [1.807, 2.05) is 13.0 Å². The van der Waals surface area contributed by atoms with Crippen LogP contribution in [0.3, 0.4) is 0 Å². The zero-order chi connectivity index (χ0) is 12.0. The largest absolute Gasteiger partial charge is 0.493 e. The lowest BCUT2D eigenvalue weighted by Crippen LogP contribution is -2.09. The second-order valence-corrected chi connectivity index (χ2v) is 3.06. The second kappa shape index (κ2) is 6.19. The molecular weight excluding hydrogens is 210 g/mol. The third kappa shape index (κ3) is 2.56. The molecule has 5 nitrogen and oxygen atoms in total. The van der Waals surface area contributed by atoms with Gasteiger partial charge in [0, 0.05) is 12.1 Å². The van der Waals surface area contributed by atoms with Gasteiger partial charge in [-0.3, -0.25) is 0 Å². The molecule has 0 unspecified atom stereocenters. The van der Waals surface area contributed by atoms with Gasteiger partial charge in [0.15, 0.2) is 11.5 Å². The molecule has 0 aromatic heterocycles. The summed E-state index contributed by atoms with van der Waals surface area (Å²) < 4.78 is 15.9. The summed E-state index contributed by atoms with van der Waals surface area (Å²) in [6.07, 6.45) is 0. The van der Waals surface area contributed by atoms with Crippen LogP contribution in [0.25, 0.3) is 0 Å². The molecule has 5 heteroatoms. The normalized spacial score (nSPS) is 10.0. The predicted octanol–water partition coefficient (Wildman–Crippen LogP) is 1.58. The maximum Gasteiger partial charge on any atom is 0.203 e. The Balaban J connectivity index is 3.20. The summed E-state index contributed by atoms with van der Waals surface area (Å²) >= 11 is 0. The molecule has 2 N–H and O–H groups in total. The average Bonchev–Trinajstić information content (AvgIpc) is 2.31. The fraction of sp³-hybridized carbons (Fsp3) is 0.455. The van der Waals surface area contributed by atoms with Crippen LogP contribution in [0.5, 0.6) is 17.2 Å². The van der Waals surface area contributed by atoms with Gasteiger partial charge in [0.05, 0.1) is 20.8 Å². The molecule has 0 aliphatic carbocycles. The van der Waals surface area contributed by atoms with Gasteiger partial charge in [0.25, 0.3) is 0 Å². The van der Waals surface area contributed by atoms with Crippen LogP contribution in [0.15, 0.2) is 12.1 Å². The van der Waals surface area contributed by atoms with Crippen molar-refractivity contribution >= 4 is 0 Å². The maximum atomic E-state index is 8.72. The van der Waals surface area contributed by atoms with E-state index in [1.165, 1.54) is 0 Å². The van der Waals surface area contributed by atoms with E-state index in [-0.39, 0.29) is 6.54 Å². The quantitative estimate of drug-likeness (QED) is 0.722. The van der Waals surface area contributed by atoms with Gasteiger partial charge in [-0.15, -0.1) is 0 Å². The first-order valence-corrected chi connectivity index (χ1v) is 5.02. The van der Waals surface area contributed by atoms with Crippen LogP contribution < -0.4 is 19.7 Å². The Morgan fingerprint density at radius 2 is 1.94 bits per heavy atom. The van der Waals surface area contributed by atoms with Crippen molar-refractivity contribution in [2.45, 2.75) is 13.5 Å². The molecule has 1 aromatic carbocycles. The SMILES string of the molecule is CCOc1c(CNO)ccc(OC)c1OC. The number of benzene rings is 1. The molecule has 0 heterocycles. The number of hydrogen-bond acceptors (Lipinski definition) is 5. The van der Waals surface area contributed by atoms with E-state index in [2.05, 4.69) is 5.48 Å². The second-order valence-electron chi connectivity index (χ2n) is 3.06. The lowest BCUT2D eigenvalue weighted by atomic mass is 10.1. The van der Waals surface area contributed by atoms with Crippen molar-refractivity contribution in [1.82, 2.24) is 5.48 Å². The van der Waals surface area contributed by atoms with Gasteiger partial charge in [0.1, 0.15) is 0 Å². The van der Waals surface area contributed by atoms with Crippen molar-refractivity contribution < 1.29 is 19.4 Å². The zero-order valence-electron chi connectivity index (χ0n) is 9.74. The van der Waals surface area contributed by atoms with Gasteiger partial charge in [-0.1, -0.05) is 0 Å². The minimum absolute atomic E-state index is 0.287. The van der Waals surface area contributed by atoms with Gasteiger partial charge in [0.2, 0.25) is 5.75 Å². The first kappa shape index (κ1) is 12.6. The Bertz CT molecular complexity index is 341. The fourth-order valence-corrected chi connectivity index (χ4v) is 1.47. The molecule has 16 heavy (non-hydrogen) atoms. The topological polar surface area (TPSA) is 60.0 Å². The smallest absolute Gasteiger partial charge is 0.203 e. The molecule has 0 radical (unpaired) electrons. The van der Waals surface area contributed by atoms with Crippen LogP contribution in [-0.2, 0) is 6.54 Å². The highest BCUT2D eigenvalue weighted by atomic mass is 16.5. The van der Waals surface area contributed by atoms with E-state index in [0.29, 0.717) is 23.9 Å². The van der Waals surface area contributed by atoms with Gasteiger partial charge in [-0.05, 0) is 19.1 Å². The monoisotopic (exact) mass is 227 g/mol. The summed E-state index contributed by atoms with van der Waals surface area (Å²) in [5, 5.41) is 8.72. The molecule has 0 aliphatic heterocycles. The van der Waals surface area contributed by atoms with Crippen LogP contribution in [0, 0.1) is 0 Å². The van der Waals surface area contributed by atoms with Crippen LogP contribution >= 0.6 is 0 Å². The number of hydroxylamine groups is 1. The van der Waals surface area contributed by atoms with E-state index in [1.54, 1.807) is 20.3 Å². The summed E-state index contributed by atoms with van der Waals surface area (Å²) in [7, 11) is 3.12. The summed E-state index contributed by atoms with van der Waals surface area (Å²) in [5.41, 5.74) is 2.90. The van der Waals surface area contributed by atoms with E-state index in [9.17, 15) is 0 Å². The molecule has 0 amide bonds. The molecule has 0 saturated carbocycles. The lowest BCUT2D eigenvalue weighted by molar-refractivity contribution is 0.159. The van der Waals surface area contributed by atoms with Crippen molar-refractivity contribution in [2.24, 2.45) is 0 Å². The third-order valence-corrected chi connectivity index (χ3v) is 2.14. The first-order chi connectivity index (χ1) is 7.78. The Labute approximate surface area is 94.9 Å². The van der Waals surface area contributed by atoms with Gasteiger partial charge in [-0.2, -0.15) is 0 Å².